The van der Waals surface area contributed by atoms with Crippen LogP contribution in [0.5, 0.6) is 5.75 Å². The first-order valence-corrected chi connectivity index (χ1v) is 8.80. The highest BCUT2D eigenvalue weighted by Gasteiger charge is 2.15. The number of hydrogen-bond acceptors (Lipinski definition) is 4. The van der Waals surface area contributed by atoms with Crippen LogP contribution in [0, 0.1) is 0 Å². The van der Waals surface area contributed by atoms with Crippen molar-refractivity contribution in [3.8, 4) is 17.1 Å². The molecule has 0 amide bonds. The molecule has 0 saturated heterocycles. The van der Waals surface area contributed by atoms with Gasteiger partial charge in [-0.25, -0.2) is 4.79 Å². The SMILES string of the molecule is CCOc1cccc2cc(-c3cc(=O)oc4ccc(C(C)C)cc34)oc12. The normalized spacial score (nSPS) is 11.5. The molecule has 0 radical (unpaired) electrons. The molecule has 26 heavy (non-hydrogen) atoms. The van der Waals surface area contributed by atoms with Crippen LogP contribution in [0.25, 0.3) is 33.3 Å². The predicted molar refractivity (Wildman–Crippen MR) is 103 cm³/mol. The van der Waals surface area contributed by atoms with Crippen LogP contribution in [0.2, 0.25) is 0 Å². The summed E-state index contributed by atoms with van der Waals surface area (Å²) in [6, 6.07) is 15.1. The fourth-order valence-corrected chi connectivity index (χ4v) is 3.18. The number of furan rings is 1. The number of hydrogen-bond donors (Lipinski definition) is 0. The molecule has 0 spiro atoms. The lowest BCUT2D eigenvalue weighted by Gasteiger charge is -2.08. The molecule has 132 valence electrons. The maximum Gasteiger partial charge on any atom is 0.336 e. The van der Waals surface area contributed by atoms with E-state index in [2.05, 4.69) is 19.9 Å². The summed E-state index contributed by atoms with van der Waals surface area (Å²) < 4.78 is 17.1. The van der Waals surface area contributed by atoms with Gasteiger partial charge in [-0.15, -0.1) is 0 Å². The van der Waals surface area contributed by atoms with Gasteiger partial charge in [0.2, 0.25) is 0 Å². The first-order chi connectivity index (χ1) is 12.6. The molecule has 2 aromatic carbocycles. The van der Waals surface area contributed by atoms with Gasteiger partial charge in [-0.3, -0.25) is 0 Å². The van der Waals surface area contributed by atoms with Crippen molar-refractivity contribution in [1.82, 2.24) is 0 Å². The molecule has 0 aliphatic heterocycles. The first-order valence-electron chi connectivity index (χ1n) is 8.80. The van der Waals surface area contributed by atoms with E-state index in [1.54, 1.807) is 0 Å². The van der Waals surface area contributed by atoms with E-state index < -0.39 is 5.63 Å². The second kappa shape index (κ2) is 6.37. The van der Waals surface area contributed by atoms with Gasteiger partial charge in [0.05, 0.1) is 6.61 Å². The molecule has 0 N–H and O–H groups in total. The highest BCUT2D eigenvalue weighted by atomic mass is 16.5. The van der Waals surface area contributed by atoms with Crippen molar-refractivity contribution in [2.45, 2.75) is 26.7 Å². The van der Waals surface area contributed by atoms with Crippen molar-refractivity contribution in [2.75, 3.05) is 6.61 Å². The quantitative estimate of drug-likeness (QED) is 0.442. The average Bonchev–Trinajstić information content (AvgIpc) is 3.06. The predicted octanol–water partition coefficient (Wildman–Crippen LogP) is 5.73. The minimum Gasteiger partial charge on any atom is -0.490 e. The van der Waals surface area contributed by atoms with Crippen molar-refractivity contribution in [2.24, 2.45) is 0 Å². The summed E-state index contributed by atoms with van der Waals surface area (Å²) in [4.78, 5) is 12.0. The van der Waals surface area contributed by atoms with Crippen molar-refractivity contribution in [1.29, 1.82) is 0 Å². The number of para-hydroxylation sites is 1. The largest absolute Gasteiger partial charge is 0.490 e. The summed E-state index contributed by atoms with van der Waals surface area (Å²) in [5.41, 5.74) is 2.76. The molecular formula is C22H20O4. The molecule has 0 atom stereocenters. The summed E-state index contributed by atoms with van der Waals surface area (Å²) in [6.45, 7) is 6.77. The van der Waals surface area contributed by atoms with Crippen LogP contribution in [0.3, 0.4) is 0 Å². The fourth-order valence-electron chi connectivity index (χ4n) is 3.18. The first kappa shape index (κ1) is 16.5. The standard InChI is InChI=1S/C22H20O4/c1-4-24-19-7-5-6-15-11-20(26-22(15)19)17-12-21(23)25-18-9-8-14(13(2)3)10-16(17)18/h5-13H,4H2,1-3H3. The van der Waals surface area contributed by atoms with Gasteiger partial charge >= 0.3 is 5.63 Å². The van der Waals surface area contributed by atoms with E-state index in [1.807, 2.05) is 43.3 Å². The third-order valence-corrected chi connectivity index (χ3v) is 4.51. The van der Waals surface area contributed by atoms with Crippen LogP contribution in [-0.2, 0) is 0 Å². The zero-order chi connectivity index (χ0) is 18.3. The van der Waals surface area contributed by atoms with Crippen LogP contribution < -0.4 is 10.4 Å². The Morgan fingerprint density at radius 2 is 1.88 bits per heavy atom. The van der Waals surface area contributed by atoms with Gasteiger partial charge in [0.1, 0.15) is 11.3 Å². The molecular weight excluding hydrogens is 328 g/mol. The number of benzene rings is 2. The molecule has 4 aromatic rings. The van der Waals surface area contributed by atoms with Crippen LogP contribution in [0.1, 0.15) is 32.3 Å². The van der Waals surface area contributed by atoms with Gasteiger partial charge in [0.15, 0.2) is 11.3 Å². The van der Waals surface area contributed by atoms with E-state index >= 15 is 0 Å². The Morgan fingerprint density at radius 3 is 2.65 bits per heavy atom. The highest BCUT2D eigenvalue weighted by molar-refractivity contribution is 5.96. The van der Waals surface area contributed by atoms with E-state index in [-0.39, 0.29) is 0 Å². The molecule has 2 heterocycles. The van der Waals surface area contributed by atoms with Gasteiger partial charge in [-0.1, -0.05) is 32.0 Å². The molecule has 0 aliphatic rings. The third-order valence-electron chi connectivity index (χ3n) is 4.51. The Kier molecular flexibility index (Phi) is 4.03. The van der Waals surface area contributed by atoms with E-state index in [0.717, 1.165) is 16.3 Å². The molecule has 0 unspecified atom stereocenters. The molecule has 0 aliphatic carbocycles. The van der Waals surface area contributed by atoms with Gasteiger partial charge in [-0.05, 0) is 42.7 Å². The van der Waals surface area contributed by atoms with Crippen LogP contribution in [0.4, 0.5) is 0 Å². The maximum atomic E-state index is 12.0. The Labute approximate surface area is 151 Å². The van der Waals surface area contributed by atoms with Crippen LogP contribution >= 0.6 is 0 Å². The summed E-state index contributed by atoms with van der Waals surface area (Å²) in [5, 5.41) is 1.81. The summed E-state index contributed by atoms with van der Waals surface area (Å²) in [7, 11) is 0. The Morgan fingerprint density at radius 1 is 1.04 bits per heavy atom. The minimum atomic E-state index is -0.393. The molecule has 4 rings (SSSR count). The Bertz CT molecular complexity index is 1150. The van der Waals surface area contributed by atoms with E-state index in [9.17, 15) is 4.79 Å². The van der Waals surface area contributed by atoms with Crippen molar-refractivity contribution < 1.29 is 13.6 Å². The second-order valence-corrected chi connectivity index (χ2v) is 6.61. The monoisotopic (exact) mass is 348 g/mol. The Hall–Kier alpha value is -3.01. The van der Waals surface area contributed by atoms with Crippen LogP contribution in [-0.4, -0.2) is 6.61 Å². The molecule has 2 aromatic heterocycles. The summed E-state index contributed by atoms with van der Waals surface area (Å²) in [6.07, 6.45) is 0. The van der Waals surface area contributed by atoms with Crippen molar-refractivity contribution in [3.05, 3.63) is 64.5 Å². The average molecular weight is 348 g/mol. The zero-order valence-electron chi connectivity index (χ0n) is 15.0. The topological polar surface area (TPSA) is 52.6 Å². The fraction of sp³-hybridized carbons (Fsp3) is 0.227. The van der Waals surface area contributed by atoms with E-state index in [1.165, 1.54) is 11.6 Å². The number of ether oxygens (including phenoxy) is 1. The lowest BCUT2D eigenvalue weighted by atomic mass is 9.99. The minimum absolute atomic E-state index is 0.374. The molecule has 4 nitrogen and oxygen atoms in total. The zero-order valence-corrected chi connectivity index (χ0v) is 15.0. The van der Waals surface area contributed by atoms with Crippen molar-refractivity contribution >= 4 is 21.9 Å². The second-order valence-electron chi connectivity index (χ2n) is 6.61. The molecule has 0 bridgehead atoms. The summed E-state index contributed by atoms with van der Waals surface area (Å²) >= 11 is 0. The van der Waals surface area contributed by atoms with E-state index in [4.69, 9.17) is 13.6 Å². The van der Waals surface area contributed by atoms with Crippen LogP contribution in [0.15, 0.2) is 62.2 Å². The number of rotatable bonds is 4. The van der Waals surface area contributed by atoms with Gasteiger partial charge < -0.3 is 13.6 Å². The maximum absolute atomic E-state index is 12.0. The van der Waals surface area contributed by atoms with Gasteiger partial charge in [-0.2, -0.15) is 0 Å². The third kappa shape index (κ3) is 2.77. The molecule has 0 fully saturated rings. The lowest BCUT2D eigenvalue weighted by molar-refractivity contribution is 0.339. The smallest absolute Gasteiger partial charge is 0.336 e. The summed E-state index contributed by atoms with van der Waals surface area (Å²) in [5.74, 6) is 1.71. The molecule has 0 saturated carbocycles. The van der Waals surface area contributed by atoms with Gasteiger partial charge in [0.25, 0.3) is 0 Å². The Balaban J connectivity index is 1.98. The van der Waals surface area contributed by atoms with Crippen molar-refractivity contribution in [3.63, 3.8) is 0 Å². The highest BCUT2D eigenvalue weighted by Crippen LogP contribution is 2.36. The van der Waals surface area contributed by atoms with Gasteiger partial charge in [0, 0.05) is 22.4 Å². The van der Waals surface area contributed by atoms with E-state index in [0.29, 0.717) is 35.2 Å². The number of fused-ring (bicyclic) bond motifs is 2. The lowest BCUT2D eigenvalue weighted by Crippen LogP contribution is -1.98. The molecule has 4 heteroatoms.